The number of aryl methyl sites for hydroxylation is 1. The minimum atomic E-state index is -4.13. The highest BCUT2D eigenvalue weighted by Gasteiger charge is 2.38. The Hall–Kier alpha value is -3.49. The third-order valence-corrected chi connectivity index (χ3v) is 8.67. The maximum Gasteiger partial charge on any atom is 0.339 e. The molecule has 11 nitrogen and oxygen atoms in total. The van der Waals surface area contributed by atoms with Gasteiger partial charge in [-0.25, -0.2) is 8.42 Å². The highest BCUT2D eigenvalue weighted by atomic mass is 32.3. The zero-order valence-corrected chi connectivity index (χ0v) is 21.7. The molecule has 36 heavy (non-hydrogen) atoms. The molecule has 0 aromatic heterocycles. The fourth-order valence-electron chi connectivity index (χ4n) is 3.11. The van der Waals surface area contributed by atoms with Gasteiger partial charge in [-0.05, 0) is 61.5 Å². The topological polar surface area (TPSA) is 156 Å². The summed E-state index contributed by atoms with van der Waals surface area (Å²) >= 11 is 0.688. The molecule has 4 rings (SSSR count). The average molecular weight is 549 g/mol. The van der Waals surface area contributed by atoms with Crippen molar-refractivity contribution in [2.75, 3.05) is 12.9 Å². The van der Waals surface area contributed by atoms with Gasteiger partial charge in [0.1, 0.15) is 4.90 Å². The number of nitrogens with zero attached hydrogens (tertiary/aromatic N) is 3. The van der Waals surface area contributed by atoms with Crippen LogP contribution in [0.1, 0.15) is 18.1 Å². The summed E-state index contributed by atoms with van der Waals surface area (Å²) < 4.78 is 59.6. The second kappa shape index (κ2) is 9.52. The summed E-state index contributed by atoms with van der Waals surface area (Å²) in [6.07, 6.45) is 2.32. The van der Waals surface area contributed by atoms with Gasteiger partial charge in [-0.3, -0.25) is 10.2 Å². The molecule has 2 aliphatic heterocycles. The number of carbonyl (C=O) groups is 1. The van der Waals surface area contributed by atoms with Crippen LogP contribution >= 0.6 is 11.8 Å². The van der Waals surface area contributed by atoms with E-state index in [1.807, 2.05) is 6.92 Å². The maximum atomic E-state index is 12.7. The van der Waals surface area contributed by atoms with E-state index in [2.05, 4.69) is 10.1 Å². The molecule has 1 N–H and O–H groups in total. The number of benzene rings is 2. The Morgan fingerprint density at radius 1 is 1.08 bits per heavy atom. The summed E-state index contributed by atoms with van der Waals surface area (Å²) in [4.78, 5) is 16.4. The summed E-state index contributed by atoms with van der Waals surface area (Å²) in [5.74, 6) is -1.04. The van der Waals surface area contributed by atoms with Crippen molar-refractivity contribution in [3.63, 3.8) is 0 Å². The van der Waals surface area contributed by atoms with Gasteiger partial charge in [0, 0.05) is 6.26 Å². The molecule has 0 bridgehead atoms. The van der Waals surface area contributed by atoms with Crippen molar-refractivity contribution in [3.8, 4) is 11.5 Å². The van der Waals surface area contributed by atoms with Gasteiger partial charge in [-0.2, -0.15) is 18.4 Å². The van der Waals surface area contributed by atoms with E-state index < -0.39 is 25.9 Å². The van der Waals surface area contributed by atoms with Crippen molar-refractivity contribution in [1.82, 2.24) is 5.01 Å². The van der Waals surface area contributed by atoms with Crippen LogP contribution in [0.2, 0.25) is 0 Å². The van der Waals surface area contributed by atoms with E-state index in [1.54, 1.807) is 19.1 Å². The zero-order chi connectivity index (χ0) is 26.3. The second-order valence-corrected chi connectivity index (χ2v) is 12.3. The number of fused-ring (bicyclic) bond motifs is 1. The van der Waals surface area contributed by atoms with E-state index >= 15 is 0 Å². The van der Waals surface area contributed by atoms with E-state index in [1.165, 1.54) is 36.4 Å². The predicted molar refractivity (Wildman–Crippen MR) is 136 cm³/mol. The van der Waals surface area contributed by atoms with Gasteiger partial charge in [-0.15, -0.1) is 5.10 Å². The molecule has 1 amide bonds. The third-order valence-electron chi connectivity index (χ3n) is 4.84. The Morgan fingerprint density at radius 2 is 1.78 bits per heavy atom. The Kier molecular flexibility index (Phi) is 6.77. The van der Waals surface area contributed by atoms with E-state index in [9.17, 15) is 21.6 Å². The first-order valence-electron chi connectivity index (χ1n) is 10.4. The predicted octanol–water partition coefficient (Wildman–Crippen LogP) is 2.78. The van der Waals surface area contributed by atoms with Gasteiger partial charge < -0.3 is 8.92 Å². The first-order valence-corrected chi connectivity index (χ1v) is 14.5. The molecular weight excluding hydrogens is 528 g/mol. The molecule has 2 heterocycles. The Bertz CT molecular complexity index is 1580. The van der Waals surface area contributed by atoms with Crippen LogP contribution < -0.4 is 8.92 Å². The molecule has 2 aliphatic rings. The zero-order valence-electron chi connectivity index (χ0n) is 19.3. The first kappa shape index (κ1) is 25.6. The largest absolute Gasteiger partial charge is 0.490 e. The molecule has 0 aliphatic carbocycles. The number of sulfone groups is 1. The highest BCUT2D eigenvalue weighted by Crippen LogP contribution is 2.34. The van der Waals surface area contributed by atoms with Crippen molar-refractivity contribution in [2.24, 2.45) is 10.1 Å². The quantitative estimate of drug-likeness (QED) is 0.424. The van der Waals surface area contributed by atoms with Crippen LogP contribution in [-0.2, 0) is 24.7 Å². The van der Waals surface area contributed by atoms with Crippen LogP contribution in [0, 0.1) is 12.3 Å². The van der Waals surface area contributed by atoms with E-state index in [0.717, 1.165) is 16.8 Å². The number of ether oxygens (including phenoxy) is 1. The Labute approximate surface area is 212 Å². The molecule has 0 atom stereocenters. The van der Waals surface area contributed by atoms with Crippen molar-refractivity contribution in [1.29, 1.82) is 5.41 Å². The molecule has 2 aromatic rings. The number of aliphatic imine (C=N–C) groups is 1. The van der Waals surface area contributed by atoms with Crippen molar-refractivity contribution >= 4 is 59.1 Å². The van der Waals surface area contributed by atoms with Crippen LogP contribution in [0.4, 0.5) is 0 Å². The lowest BCUT2D eigenvalue weighted by molar-refractivity contribution is -0.114. The molecule has 0 saturated carbocycles. The monoisotopic (exact) mass is 548 g/mol. The van der Waals surface area contributed by atoms with Crippen molar-refractivity contribution < 1.29 is 30.6 Å². The van der Waals surface area contributed by atoms with Gasteiger partial charge in [-0.1, -0.05) is 23.8 Å². The number of hydrogen-bond donors (Lipinski definition) is 1. The lowest BCUT2D eigenvalue weighted by Crippen LogP contribution is -2.35. The summed E-state index contributed by atoms with van der Waals surface area (Å²) in [6.45, 7) is 3.75. The van der Waals surface area contributed by atoms with Gasteiger partial charge in [0.2, 0.25) is 19.4 Å². The summed E-state index contributed by atoms with van der Waals surface area (Å²) in [6, 6.07) is 10.5. The van der Waals surface area contributed by atoms with Crippen molar-refractivity contribution in [2.45, 2.75) is 18.7 Å². The SMILES string of the molecule is CCOc1cc(/C=C2\C(=N)N3N=C(S(C)(=O)=O)SC3=NC2=O)ccc1OS(=O)(=O)c1ccc(C)cc1. The number of hydrogen-bond acceptors (Lipinski definition) is 10. The minimum absolute atomic E-state index is 0.0193. The van der Waals surface area contributed by atoms with Gasteiger partial charge in [0.15, 0.2) is 17.3 Å². The first-order chi connectivity index (χ1) is 16.9. The Balaban J connectivity index is 1.66. The highest BCUT2D eigenvalue weighted by molar-refractivity contribution is 8.42. The van der Waals surface area contributed by atoms with Crippen molar-refractivity contribution in [3.05, 3.63) is 59.2 Å². The van der Waals surface area contributed by atoms with Gasteiger partial charge in [0.25, 0.3) is 5.91 Å². The van der Waals surface area contributed by atoms with Gasteiger partial charge in [0.05, 0.1) is 12.2 Å². The number of nitrogens with one attached hydrogen (secondary N) is 1. The molecule has 188 valence electrons. The smallest absolute Gasteiger partial charge is 0.339 e. The Morgan fingerprint density at radius 3 is 2.42 bits per heavy atom. The van der Waals surface area contributed by atoms with Gasteiger partial charge >= 0.3 is 10.1 Å². The van der Waals surface area contributed by atoms with Crippen LogP contribution in [-0.4, -0.2) is 56.0 Å². The average Bonchev–Trinajstić information content (AvgIpc) is 3.23. The van der Waals surface area contributed by atoms with Crippen LogP contribution in [0.5, 0.6) is 11.5 Å². The lowest BCUT2D eigenvalue weighted by Gasteiger charge is -2.20. The molecule has 0 saturated heterocycles. The molecule has 0 spiro atoms. The second-order valence-electron chi connectivity index (χ2n) is 7.65. The number of amidine groups is 2. The normalized spacial score (nSPS) is 17.1. The molecule has 14 heteroatoms. The molecule has 2 aromatic carbocycles. The number of hydrazone groups is 1. The molecule has 0 radical (unpaired) electrons. The number of carbonyl (C=O) groups excluding carboxylic acids is 1. The maximum absolute atomic E-state index is 12.7. The lowest BCUT2D eigenvalue weighted by atomic mass is 10.1. The molecular formula is C22H20N4O7S3. The van der Waals surface area contributed by atoms with Crippen LogP contribution in [0.15, 0.2) is 63.0 Å². The fraction of sp³-hybridized carbons (Fsp3) is 0.182. The van der Waals surface area contributed by atoms with Crippen LogP contribution in [0.3, 0.4) is 0 Å². The standard InChI is InChI=1S/C22H20N4O7S3/c1-4-32-18-12-14(7-10-17(18)33-36(30,31)15-8-5-13(2)6-9-15)11-16-19(23)26-21(24-20(16)27)34-22(25-26)35(3,28)29/h5-12,23H,4H2,1-3H3/b16-11+,23-19?. The summed E-state index contributed by atoms with van der Waals surface area (Å²) in [5.41, 5.74) is 1.15. The summed E-state index contributed by atoms with van der Waals surface area (Å²) in [5, 5.41) is 13.2. The third kappa shape index (κ3) is 5.20. The van der Waals surface area contributed by atoms with E-state index in [4.69, 9.17) is 14.3 Å². The number of amides is 1. The number of rotatable bonds is 6. The molecule has 0 fully saturated rings. The van der Waals surface area contributed by atoms with E-state index in [-0.39, 0.29) is 44.0 Å². The van der Waals surface area contributed by atoms with E-state index in [0.29, 0.717) is 17.3 Å². The number of thioether (sulfide) groups is 1. The fourth-order valence-corrected chi connectivity index (χ4v) is 5.74. The minimum Gasteiger partial charge on any atom is -0.490 e. The summed E-state index contributed by atoms with van der Waals surface area (Å²) in [7, 11) is -7.78. The van der Waals surface area contributed by atoms with Crippen LogP contribution in [0.25, 0.3) is 6.08 Å². The molecule has 0 unspecified atom stereocenters.